The number of aromatic nitrogens is 1. The molecule has 5 rings (SSSR count). The highest BCUT2D eigenvalue weighted by atomic mass is 35.5. The molecule has 0 saturated heterocycles. The second-order valence-electron chi connectivity index (χ2n) is 7.21. The average Bonchev–Trinajstić information content (AvgIpc) is 3.10. The number of hydrogen-bond donors (Lipinski definition) is 1. The fraction of sp³-hybridized carbons (Fsp3) is 0.227. The minimum Gasteiger partial charge on any atom is -0.476 e. The number of pyridine rings is 1. The van der Waals surface area contributed by atoms with Gasteiger partial charge < -0.3 is 9.84 Å². The van der Waals surface area contributed by atoms with Crippen LogP contribution >= 0.6 is 11.6 Å². The Labute approximate surface area is 161 Å². The van der Waals surface area contributed by atoms with Gasteiger partial charge in [0.2, 0.25) is 0 Å². The summed E-state index contributed by atoms with van der Waals surface area (Å²) in [6, 6.07) is 17.8. The van der Waals surface area contributed by atoms with Crippen LogP contribution in [-0.2, 0) is 11.2 Å². The van der Waals surface area contributed by atoms with E-state index in [4.69, 9.17) is 16.3 Å². The lowest BCUT2D eigenvalue weighted by Crippen LogP contribution is -2.48. The van der Waals surface area contributed by atoms with Crippen molar-refractivity contribution in [3.8, 4) is 5.75 Å². The van der Waals surface area contributed by atoms with E-state index in [1.54, 1.807) is 18.2 Å². The molecule has 1 fully saturated rings. The van der Waals surface area contributed by atoms with Crippen LogP contribution < -0.4 is 4.74 Å². The summed E-state index contributed by atoms with van der Waals surface area (Å²) >= 11 is 6.12. The van der Waals surface area contributed by atoms with Crippen molar-refractivity contribution < 1.29 is 14.2 Å². The summed E-state index contributed by atoms with van der Waals surface area (Å²) in [5.41, 5.74) is -0.106. The Kier molecular flexibility index (Phi) is 3.58. The van der Waals surface area contributed by atoms with Crippen molar-refractivity contribution in [3.05, 3.63) is 94.5 Å². The van der Waals surface area contributed by atoms with Crippen LogP contribution in [0.2, 0.25) is 5.02 Å². The molecule has 0 spiro atoms. The molecule has 0 amide bonds. The lowest BCUT2D eigenvalue weighted by molar-refractivity contribution is -0.107. The highest BCUT2D eigenvalue weighted by Gasteiger charge is 2.69. The van der Waals surface area contributed by atoms with Crippen molar-refractivity contribution >= 4 is 11.6 Å². The smallest absolute Gasteiger partial charge is 0.175 e. The third-order valence-electron chi connectivity index (χ3n) is 5.86. The average molecular weight is 382 g/mol. The van der Waals surface area contributed by atoms with E-state index in [0.717, 1.165) is 17.5 Å². The van der Waals surface area contributed by atoms with Crippen molar-refractivity contribution in [1.29, 1.82) is 0 Å². The number of benzene rings is 2. The maximum Gasteiger partial charge on any atom is 0.175 e. The minimum absolute atomic E-state index is 0.109. The Morgan fingerprint density at radius 2 is 1.85 bits per heavy atom. The molecule has 1 aliphatic carbocycles. The van der Waals surface area contributed by atoms with Gasteiger partial charge in [-0.1, -0.05) is 54.1 Å². The highest BCUT2D eigenvalue weighted by Crippen LogP contribution is 2.66. The maximum absolute atomic E-state index is 13.6. The van der Waals surface area contributed by atoms with Crippen LogP contribution in [0.15, 0.2) is 66.9 Å². The molecule has 3 atom stereocenters. The van der Waals surface area contributed by atoms with Gasteiger partial charge in [-0.2, -0.15) is 0 Å². The van der Waals surface area contributed by atoms with Gasteiger partial charge in [-0.15, -0.1) is 0 Å². The molecule has 1 aliphatic heterocycles. The zero-order valence-electron chi connectivity index (χ0n) is 14.4. The summed E-state index contributed by atoms with van der Waals surface area (Å²) in [4.78, 5) is 4.41. The van der Waals surface area contributed by atoms with Crippen LogP contribution in [0.4, 0.5) is 4.39 Å². The van der Waals surface area contributed by atoms with Crippen LogP contribution in [0.3, 0.4) is 0 Å². The predicted molar refractivity (Wildman–Crippen MR) is 100 cm³/mol. The van der Waals surface area contributed by atoms with Gasteiger partial charge in [-0.05, 0) is 36.1 Å². The summed E-state index contributed by atoms with van der Waals surface area (Å²) in [5.74, 6) is 0.0433. The molecule has 1 N–H and O–H groups in total. The van der Waals surface area contributed by atoms with E-state index < -0.39 is 11.2 Å². The summed E-state index contributed by atoms with van der Waals surface area (Å²) in [7, 11) is 0. The minimum atomic E-state index is -1.31. The Morgan fingerprint density at radius 3 is 2.59 bits per heavy atom. The lowest BCUT2D eigenvalue weighted by Gasteiger charge is -2.39. The molecule has 3 nitrogen and oxygen atoms in total. The van der Waals surface area contributed by atoms with E-state index in [1.165, 1.54) is 18.3 Å². The monoisotopic (exact) mass is 381 g/mol. The van der Waals surface area contributed by atoms with Gasteiger partial charge in [0.1, 0.15) is 17.3 Å². The van der Waals surface area contributed by atoms with E-state index in [9.17, 15) is 9.50 Å². The number of fused-ring (bicyclic) bond motifs is 3. The standard InChI is InChI=1S/C22H17ClFNO2/c23-16-12-19-20(25-13-16)21(26)11-10-18(14-4-2-1-3-5-14)22(21,27-19)15-6-8-17(24)9-7-15/h1-9,12-13,18,26H,10-11H2/t18-,21?,22?/m0/s1. The quantitative estimate of drug-likeness (QED) is 0.684. The van der Waals surface area contributed by atoms with Crippen LogP contribution in [0.25, 0.3) is 0 Å². The van der Waals surface area contributed by atoms with Crippen LogP contribution in [0.1, 0.15) is 35.6 Å². The number of hydrogen-bond acceptors (Lipinski definition) is 3. The first-order valence-electron chi connectivity index (χ1n) is 8.93. The zero-order chi connectivity index (χ0) is 18.6. The predicted octanol–water partition coefficient (Wildman–Crippen LogP) is 4.93. The van der Waals surface area contributed by atoms with Crippen LogP contribution in [0, 0.1) is 5.82 Å². The van der Waals surface area contributed by atoms with Gasteiger partial charge in [0.15, 0.2) is 11.2 Å². The molecule has 1 aromatic heterocycles. The molecular formula is C22H17ClFNO2. The van der Waals surface area contributed by atoms with Crippen molar-refractivity contribution in [1.82, 2.24) is 4.98 Å². The number of nitrogens with zero attached hydrogens (tertiary/aromatic N) is 1. The first-order valence-corrected chi connectivity index (χ1v) is 9.31. The van der Waals surface area contributed by atoms with Gasteiger partial charge in [-0.25, -0.2) is 4.39 Å². The van der Waals surface area contributed by atoms with Gasteiger partial charge >= 0.3 is 0 Å². The second kappa shape index (κ2) is 5.78. The topological polar surface area (TPSA) is 42.4 Å². The van der Waals surface area contributed by atoms with Crippen molar-refractivity contribution in [3.63, 3.8) is 0 Å². The molecule has 5 heteroatoms. The molecule has 136 valence electrons. The van der Waals surface area contributed by atoms with E-state index in [2.05, 4.69) is 4.98 Å². The molecule has 27 heavy (non-hydrogen) atoms. The van der Waals surface area contributed by atoms with E-state index >= 15 is 0 Å². The third-order valence-corrected chi connectivity index (χ3v) is 6.06. The molecule has 2 heterocycles. The summed E-state index contributed by atoms with van der Waals surface area (Å²) in [6.07, 6.45) is 2.74. The van der Waals surface area contributed by atoms with Crippen molar-refractivity contribution in [2.45, 2.75) is 30.0 Å². The van der Waals surface area contributed by atoms with Crippen molar-refractivity contribution in [2.75, 3.05) is 0 Å². The molecule has 2 unspecified atom stereocenters. The molecule has 0 bridgehead atoms. The van der Waals surface area contributed by atoms with E-state index in [0.29, 0.717) is 22.9 Å². The number of aliphatic hydroxyl groups is 1. The first-order chi connectivity index (χ1) is 13.0. The molecular weight excluding hydrogens is 365 g/mol. The van der Waals surface area contributed by atoms with Gasteiger partial charge in [-0.3, -0.25) is 4.98 Å². The molecule has 2 aliphatic rings. The number of rotatable bonds is 2. The van der Waals surface area contributed by atoms with Gasteiger partial charge in [0.05, 0.1) is 5.02 Å². The molecule has 0 radical (unpaired) electrons. The lowest BCUT2D eigenvalue weighted by atomic mass is 9.73. The SMILES string of the molecule is OC12CC[C@@H](c3ccccc3)C1(c1ccc(F)cc1)Oc1cc(Cl)cnc12. The molecule has 3 aromatic rings. The number of ether oxygens (including phenoxy) is 1. The van der Waals surface area contributed by atoms with E-state index in [1.807, 2.05) is 30.3 Å². The fourth-order valence-electron chi connectivity index (χ4n) is 4.75. The molecule has 1 saturated carbocycles. The Hall–Kier alpha value is -2.43. The van der Waals surface area contributed by atoms with E-state index in [-0.39, 0.29) is 11.7 Å². The zero-order valence-corrected chi connectivity index (χ0v) is 15.2. The Morgan fingerprint density at radius 1 is 1.11 bits per heavy atom. The summed E-state index contributed by atoms with van der Waals surface area (Å²) < 4.78 is 20.1. The second-order valence-corrected chi connectivity index (χ2v) is 7.64. The number of halogens is 2. The molecule has 2 aromatic carbocycles. The Balaban J connectivity index is 1.77. The summed E-state index contributed by atoms with van der Waals surface area (Å²) in [6.45, 7) is 0. The normalized spacial score (nSPS) is 28.5. The van der Waals surface area contributed by atoms with Gasteiger partial charge in [0.25, 0.3) is 0 Å². The highest BCUT2D eigenvalue weighted by molar-refractivity contribution is 6.30. The third kappa shape index (κ3) is 2.20. The van der Waals surface area contributed by atoms with Crippen molar-refractivity contribution in [2.24, 2.45) is 0 Å². The maximum atomic E-state index is 13.6. The fourth-order valence-corrected chi connectivity index (χ4v) is 4.89. The van der Waals surface area contributed by atoms with Crippen LogP contribution in [-0.4, -0.2) is 10.1 Å². The largest absolute Gasteiger partial charge is 0.476 e. The Bertz CT molecular complexity index is 1010. The first kappa shape index (κ1) is 16.7. The summed E-state index contributed by atoms with van der Waals surface area (Å²) in [5, 5.41) is 12.3. The van der Waals surface area contributed by atoms with Crippen LogP contribution in [0.5, 0.6) is 5.75 Å². The van der Waals surface area contributed by atoms with Gasteiger partial charge in [0, 0.05) is 18.2 Å².